The third-order valence-corrected chi connectivity index (χ3v) is 14.2. The van der Waals surface area contributed by atoms with Gasteiger partial charge in [-0.3, -0.25) is 15.0 Å². The van der Waals surface area contributed by atoms with E-state index in [1.54, 1.807) is 0 Å². The van der Waals surface area contributed by atoms with Crippen LogP contribution in [0.25, 0.3) is 0 Å². The van der Waals surface area contributed by atoms with E-state index in [9.17, 15) is 9.59 Å². The zero-order valence-electron chi connectivity index (χ0n) is 44.5. The number of nitrogens with one attached hydrogen (secondary N) is 1. The second-order valence-corrected chi connectivity index (χ2v) is 20.6. The summed E-state index contributed by atoms with van der Waals surface area (Å²) >= 11 is 0. The van der Waals surface area contributed by atoms with Crippen molar-refractivity contribution >= 4 is 11.9 Å². The molecule has 386 valence electrons. The molecule has 0 unspecified atom stereocenters. The highest BCUT2D eigenvalue weighted by atomic mass is 16.5. The fraction of sp³-hybridized carbons (Fsp3) is 0.966. The molecule has 65 heavy (non-hydrogen) atoms. The minimum Gasteiger partial charge on any atom is -0.462 e. The largest absolute Gasteiger partial charge is 0.462 e. The van der Waals surface area contributed by atoms with E-state index in [4.69, 9.17) is 9.47 Å². The van der Waals surface area contributed by atoms with E-state index >= 15 is 0 Å². The van der Waals surface area contributed by atoms with E-state index in [1.165, 1.54) is 244 Å². The molecule has 0 aromatic carbocycles. The third-order valence-electron chi connectivity index (χ3n) is 14.2. The molecule has 0 atom stereocenters. The summed E-state index contributed by atoms with van der Waals surface area (Å²) in [4.78, 5) is 28.6. The first-order valence-electron chi connectivity index (χ1n) is 29.6. The van der Waals surface area contributed by atoms with Gasteiger partial charge in [-0.1, -0.05) is 201 Å². The topological polar surface area (TPSA) is 71.1 Å². The number of hydrazine groups is 1. The lowest BCUT2D eigenvalue weighted by Crippen LogP contribution is -2.42. The summed E-state index contributed by atoms with van der Waals surface area (Å²) in [5.74, 6) is 0.0879. The van der Waals surface area contributed by atoms with Crippen molar-refractivity contribution in [3.05, 3.63) is 0 Å². The number of esters is 2. The van der Waals surface area contributed by atoms with Crippen LogP contribution in [0.4, 0.5) is 0 Å². The molecule has 1 fully saturated rings. The molecule has 0 amide bonds. The zero-order valence-corrected chi connectivity index (χ0v) is 44.5. The smallest absolute Gasteiger partial charge is 0.306 e. The van der Waals surface area contributed by atoms with E-state index < -0.39 is 0 Å². The first-order valence-corrected chi connectivity index (χ1v) is 29.6. The number of hydrogen-bond donors (Lipinski definition) is 1. The Morgan fingerprint density at radius 2 is 0.708 bits per heavy atom. The van der Waals surface area contributed by atoms with Gasteiger partial charge in [-0.2, -0.15) is 0 Å². The van der Waals surface area contributed by atoms with Gasteiger partial charge in [-0.05, 0) is 116 Å². The molecule has 1 aliphatic rings. The maximum Gasteiger partial charge on any atom is 0.306 e. The minimum atomic E-state index is 0.0440. The molecule has 0 aromatic heterocycles. The number of piperidine rings is 1. The first-order chi connectivity index (χ1) is 32.0. The number of hydrogen-bond acceptors (Lipinski definition) is 7. The Morgan fingerprint density at radius 3 is 1.08 bits per heavy atom. The van der Waals surface area contributed by atoms with Crippen LogP contribution in [0.1, 0.15) is 310 Å². The molecular weight excluding hydrogens is 803 g/mol. The van der Waals surface area contributed by atoms with E-state index in [1.807, 2.05) is 0 Å². The lowest BCUT2D eigenvalue weighted by molar-refractivity contribution is -0.151. The van der Waals surface area contributed by atoms with Crippen molar-refractivity contribution in [2.75, 3.05) is 39.3 Å². The Labute approximate surface area is 406 Å². The second-order valence-electron chi connectivity index (χ2n) is 20.6. The highest BCUT2D eigenvalue weighted by Crippen LogP contribution is 2.20. The lowest BCUT2D eigenvalue weighted by atomic mass is 10.0. The van der Waals surface area contributed by atoms with E-state index in [-0.39, 0.29) is 24.1 Å². The van der Waals surface area contributed by atoms with Gasteiger partial charge in [0.25, 0.3) is 0 Å². The van der Waals surface area contributed by atoms with Gasteiger partial charge in [0.1, 0.15) is 12.2 Å². The summed E-state index contributed by atoms with van der Waals surface area (Å²) in [6.07, 6.45) is 53.4. The van der Waals surface area contributed by atoms with Crippen LogP contribution in [0.2, 0.25) is 0 Å². The monoisotopic (exact) mass is 918 g/mol. The van der Waals surface area contributed by atoms with Crippen LogP contribution < -0.4 is 5.43 Å². The maximum atomic E-state index is 12.9. The SMILES string of the molecule is CCCCCCCCC(CCCCCCCC)OC(=O)CCCCCCCN(CCCCCCCC(=O)OC(CCCCCCCC)CCCCCCCC)CCCNN1CCCCC1. The highest BCUT2D eigenvalue weighted by Gasteiger charge is 2.16. The summed E-state index contributed by atoms with van der Waals surface area (Å²) in [6.45, 7) is 16.1. The average molecular weight is 919 g/mol. The van der Waals surface area contributed by atoms with Crippen molar-refractivity contribution in [1.29, 1.82) is 0 Å². The molecule has 0 aromatic rings. The van der Waals surface area contributed by atoms with Crippen LogP contribution in [0.15, 0.2) is 0 Å². The van der Waals surface area contributed by atoms with Crippen molar-refractivity contribution in [2.24, 2.45) is 0 Å². The van der Waals surface area contributed by atoms with Crippen LogP contribution in [0, 0.1) is 0 Å². The molecule has 0 spiro atoms. The molecule has 0 radical (unpaired) electrons. The number of nitrogens with zero attached hydrogens (tertiary/aromatic N) is 2. The predicted molar refractivity (Wildman–Crippen MR) is 282 cm³/mol. The number of carbonyl (C=O) groups excluding carboxylic acids is 2. The zero-order chi connectivity index (χ0) is 46.9. The maximum absolute atomic E-state index is 12.9. The van der Waals surface area contributed by atoms with Crippen molar-refractivity contribution < 1.29 is 19.1 Å². The fourth-order valence-electron chi connectivity index (χ4n) is 9.82. The Kier molecular flexibility index (Phi) is 46.9. The van der Waals surface area contributed by atoms with Gasteiger partial charge in [0.15, 0.2) is 0 Å². The van der Waals surface area contributed by atoms with Gasteiger partial charge in [0.05, 0.1) is 0 Å². The Balaban J connectivity index is 2.40. The van der Waals surface area contributed by atoms with E-state index in [0.717, 1.165) is 64.5 Å². The fourth-order valence-corrected chi connectivity index (χ4v) is 9.82. The van der Waals surface area contributed by atoms with Crippen LogP contribution in [0.3, 0.4) is 0 Å². The molecule has 0 saturated carbocycles. The van der Waals surface area contributed by atoms with Gasteiger partial charge < -0.3 is 14.4 Å². The highest BCUT2D eigenvalue weighted by molar-refractivity contribution is 5.69. The van der Waals surface area contributed by atoms with Crippen LogP contribution in [0.5, 0.6) is 0 Å². The van der Waals surface area contributed by atoms with Crippen LogP contribution >= 0.6 is 0 Å². The normalized spacial score (nSPS) is 13.5. The van der Waals surface area contributed by atoms with Crippen LogP contribution in [-0.2, 0) is 19.1 Å². The first kappa shape index (κ1) is 61.8. The molecule has 0 aliphatic carbocycles. The molecule has 1 rings (SSSR count). The quantitative estimate of drug-likeness (QED) is 0.0481. The Hall–Kier alpha value is -1.18. The predicted octanol–water partition coefficient (Wildman–Crippen LogP) is 17.2. The average Bonchev–Trinajstić information content (AvgIpc) is 3.31. The Morgan fingerprint density at radius 1 is 0.400 bits per heavy atom. The molecule has 1 saturated heterocycles. The molecule has 1 aliphatic heterocycles. The van der Waals surface area contributed by atoms with Gasteiger partial charge in [-0.25, -0.2) is 5.01 Å². The molecule has 0 bridgehead atoms. The molecule has 7 heteroatoms. The summed E-state index contributed by atoms with van der Waals surface area (Å²) < 4.78 is 12.2. The second kappa shape index (κ2) is 49.2. The van der Waals surface area contributed by atoms with Gasteiger partial charge in [0.2, 0.25) is 0 Å². The summed E-state index contributed by atoms with van der Waals surface area (Å²) in [5.41, 5.74) is 3.71. The molecule has 1 heterocycles. The minimum absolute atomic E-state index is 0.0440. The summed E-state index contributed by atoms with van der Waals surface area (Å²) in [5, 5.41) is 2.44. The number of unbranched alkanes of at least 4 members (excludes halogenated alkanes) is 28. The van der Waals surface area contributed by atoms with Crippen molar-refractivity contribution in [2.45, 2.75) is 322 Å². The van der Waals surface area contributed by atoms with Crippen molar-refractivity contribution in [1.82, 2.24) is 15.3 Å². The number of ether oxygens (including phenoxy) is 2. The van der Waals surface area contributed by atoms with Gasteiger partial charge >= 0.3 is 11.9 Å². The summed E-state index contributed by atoms with van der Waals surface area (Å²) in [6, 6.07) is 0. The van der Waals surface area contributed by atoms with Gasteiger partial charge in [-0.15, -0.1) is 0 Å². The number of rotatable bonds is 51. The lowest BCUT2D eigenvalue weighted by Gasteiger charge is -2.28. The Bertz CT molecular complexity index is 894. The summed E-state index contributed by atoms with van der Waals surface area (Å²) in [7, 11) is 0. The molecule has 1 N–H and O–H groups in total. The molecule has 7 nitrogen and oxygen atoms in total. The third kappa shape index (κ3) is 42.6. The van der Waals surface area contributed by atoms with Crippen LogP contribution in [-0.4, -0.2) is 73.3 Å². The van der Waals surface area contributed by atoms with Crippen molar-refractivity contribution in [3.63, 3.8) is 0 Å². The number of carbonyl (C=O) groups is 2. The molecular formula is C58H115N3O4. The standard InChI is InChI=1S/C58H115N3O4/c1-5-9-13-17-23-32-43-55(44-33-24-18-14-10-6-2)64-57(62)47-36-27-21-29-38-50-60(52-42-49-59-61-53-40-31-41-54-61)51-39-30-22-28-37-48-58(63)65-56(45-34-25-19-15-11-7-3)46-35-26-20-16-12-8-4/h55-56,59H,5-54H2,1-4H3. The van der Waals surface area contributed by atoms with Gasteiger partial charge in [0, 0.05) is 32.5 Å². The van der Waals surface area contributed by atoms with E-state index in [0.29, 0.717) is 12.8 Å². The van der Waals surface area contributed by atoms with Crippen molar-refractivity contribution in [3.8, 4) is 0 Å². The van der Waals surface area contributed by atoms with E-state index in [2.05, 4.69) is 43.0 Å².